The summed E-state index contributed by atoms with van der Waals surface area (Å²) in [5.41, 5.74) is 3.27. The van der Waals surface area contributed by atoms with Crippen LogP contribution in [0.4, 0.5) is 5.69 Å². The number of nitrogens with zero attached hydrogens (tertiary/aromatic N) is 3. The van der Waals surface area contributed by atoms with Crippen LogP contribution >= 0.6 is 0 Å². The molecule has 182 valence electrons. The summed E-state index contributed by atoms with van der Waals surface area (Å²) in [6.07, 6.45) is 2.50. The molecule has 35 heavy (non-hydrogen) atoms. The highest BCUT2D eigenvalue weighted by molar-refractivity contribution is 5.98. The Labute approximate surface area is 203 Å². The number of nitrogens with one attached hydrogen (secondary N) is 1. The summed E-state index contributed by atoms with van der Waals surface area (Å²) >= 11 is 0. The molecule has 0 unspecified atom stereocenters. The van der Waals surface area contributed by atoms with E-state index in [1.165, 1.54) is 11.3 Å². The molecule has 3 heterocycles. The normalized spacial score (nSPS) is 20.1. The lowest BCUT2D eigenvalue weighted by molar-refractivity contribution is -0.125. The highest BCUT2D eigenvalue weighted by atomic mass is 16.5. The van der Waals surface area contributed by atoms with Crippen molar-refractivity contribution in [1.82, 2.24) is 15.2 Å². The fourth-order valence-corrected chi connectivity index (χ4v) is 4.56. The monoisotopic (exact) mass is 476 g/mol. The van der Waals surface area contributed by atoms with Crippen molar-refractivity contribution in [1.29, 1.82) is 0 Å². The molecule has 2 amide bonds. The lowest BCUT2D eigenvalue weighted by Gasteiger charge is -2.29. The van der Waals surface area contributed by atoms with Crippen LogP contribution in [-0.2, 0) is 16.1 Å². The molecule has 2 atom stereocenters. The first-order valence-corrected chi connectivity index (χ1v) is 11.8. The van der Waals surface area contributed by atoms with Crippen molar-refractivity contribution in [3.63, 3.8) is 0 Å². The second kappa shape index (κ2) is 10.3. The molecular weight excluding hydrogens is 448 g/mol. The van der Waals surface area contributed by atoms with E-state index in [9.17, 15) is 14.7 Å². The first kappa shape index (κ1) is 23.1. The summed E-state index contributed by atoms with van der Waals surface area (Å²) in [6.45, 7) is 3.29. The number of aromatic nitrogens is 1. The van der Waals surface area contributed by atoms with Crippen LogP contribution in [0.2, 0.25) is 0 Å². The van der Waals surface area contributed by atoms with Gasteiger partial charge in [0.2, 0.25) is 5.91 Å². The average Bonchev–Trinajstić information content (AvgIpc) is 3.58. The highest BCUT2D eigenvalue weighted by Crippen LogP contribution is 2.24. The third-order valence-electron chi connectivity index (χ3n) is 6.45. The maximum atomic E-state index is 13.3. The van der Waals surface area contributed by atoms with Crippen LogP contribution in [0.25, 0.3) is 11.3 Å². The number of aliphatic hydroxyl groups is 1. The van der Waals surface area contributed by atoms with E-state index in [1.54, 1.807) is 12.3 Å². The van der Waals surface area contributed by atoms with Crippen molar-refractivity contribution in [3.05, 3.63) is 72.2 Å². The summed E-state index contributed by atoms with van der Waals surface area (Å²) in [5.74, 6) is 0.138. The number of β-amino-alcohol motifs (C(OH)–C–C–N with tert-alkyl or cyclic N) is 1. The molecule has 5 rings (SSSR count). The molecule has 0 aliphatic carbocycles. The van der Waals surface area contributed by atoms with Crippen LogP contribution in [0.5, 0.6) is 0 Å². The van der Waals surface area contributed by atoms with Gasteiger partial charge in [-0.05, 0) is 23.8 Å². The number of benzene rings is 2. The molecule has 0 saturated carbocycles. The standard InChI is InChI=1S/C26H28N4O5/c31-22-13-23(25(32)28-14-18-4-6-19(7-5-18)24-15-27-17-35-24)30(16-22)26(33)20-2-1-3-21(12-20)29-8-10-34-11-9-29/h1-7,12,15,17,22-23,31H,8-11,13-14,16H2,(H,28,32)/t22-,23+/m1/s1. The van der Waals surface area contributed by atoms with E-state index in [4.69, 9.17) is 9.15 Å². The Kier molecular flexibility index (Phi) is 6.78. The minimum absolute atomic E-state index is 0.130. The molecule has 2 saturated heterocycles. The Morgan fingerprint density at radius 2 is 1.91 bits per heavy atom. The van der Waals surface area contributed by atoms with E-state index in [-0.39, 0.29) is 24.8 Å². The molecule has 9 nitrogen and oxygen atoms in total. The Morgan fingerprint density at radius 1 is 1.11 bits per heavy atom. The molecule has 0 bridgehead atoms. The number of carbonyl (C=O) groups is 2. The zero-order valence-corrected chi connectivity index (χ0v) is 19.3. The molecule has 2 aliphatic rings. The number of morpholine rings is 1. The summed E-state index contributed by atoms with van der Waals surface area (Å²) < 4.78 is 10.7. The van der Waals surface area contributed by atoms with Gasteiger partial charge in [0.05, 0.1) is 25.5 Å². The van der Waals surface area contributed by atoms with E-state index in [2.05, 4.69) is 15.2 Å². The zero-order valence-electron chi connectivity index (χ0n) is 19.3. The van der Waals surface area contributed by atoms with Crippen LogP contribution in [0, 0.1) is 0 Å². The smallest absolute Gasteiger partial charge is 0.254 e. The first-order valence-electron chi connectivity index (χ1n) is 11.8. The van der Waals surface area contributed by atoms with Gasteiger partial charge in [-0.1, -0.05) is 30.3 Å². The van der Waals surface area contributed by atoms with Crippen molar-refractivity contribution in [2.45, 2.75) is 25.1 Å². The predicted molar refractivity (Wildman–Crippen MR) is 129 cm³/mol. The van der Waals surface area contributed by atoms with Gasteiger partial charge in [0.25, 0.3) is 5.91 Å². The minimum Gasteiger partial charge on any atom is -0.444 e. The van der Waals surface area contributed by atoms with Gasteiger partial charge in [0, 0.05) is 49.4 Å². The SMILES string of the molecule is O=C(NCc1ccc(-c2cnco2)cc1)[C@@H]1C[C@@H](O)CN1C(=O)c1cccc(N2CCOCC2)c1. The molecule has 3 aromatic rings. The molecule has 2 aromatic carbocycles. The maximum Gasteiger partial charge on any atom is 0.254 e. The first-order chi connectivity index (χ1) is 17.1. The number of rotatable bonds is 6. The fourth-order valence-electron chi connectivity index (χ4n) is 4.56. The Morgan fingerprint density at radius 3 is 2.66 bits per heavy atom. The van der Waals surface area contributed by atoms with Gasteiger partial charge in [-0.15, -0.1) is 0 Å². The van der Waals surface area contributed by atoms with Crippen LogP contribution < -0.4 is 10.2 Å². The number of anilines is 1. The van der Waals surface area contributed by atoms with Crippen LogP contribution in [0.1, 0.15) is 22.3 Å². The largest absolute Gasteiger partial charge is 0.444 e. The van der Waals surface area contributed by atoms with Gasteiger partial charge in [0.1, 0.15) is 6.04 Å². The number of oxazole rings is 1. The van der Waals surface area contributed by atoms with Crippen LogP contribution in [-0.4, -0.2) is 71.8 Å². The van der Waals surface area contributed by atoms with E-state index in [0.29, 0.717) is 31.1 Å². The number of ether oxygens (including phenoxy) is 1. The second-order valence-corrected chi connectivity index (χ2v) is 8.79. The number of likely N-dealkylation sites (tertiary alicyclic amines) is 1. The summed E-state index contributed by atoms with van der Waals surface area (Å²) in [6, 6.07) is 14.3. The van der Waals surface area contributed by atoms with E-state index >= 15 is 0 Å². The number of carbonyl (C=O) groups excluding carboxylic acids is 2. The molecule has 2 fully saturated rings. The van der Waals surface area contributed by atoms with Gasteiger partial charge in [0.15, 0.2) is 12.2 Å². The van der Waals surface area contributed by atoms with Gasteiger partial charge >= 0.3 is 0 Å². The molecule has 0 spiro atoms. The fraction of sp³-hybridized carbons (Fsp3) is 0.346. The van der Waals surface area contributed by atoms with E-state index in [0.717, 1.165) is 29.9 Å². The molecule has 0 radical (unpaired) electrons. The second-order valence-electron chi connectivity index (χ2n) is 8.79. The molecular formula is C26H28N4O5. The Bertz CT molecular complexity index is 1160. The third kappa shape index (κ3) is 5.21. The number of amides is 2. The van der Waals surface area contributed by atoms with E-state index < -0.39 is 12.1 Å². The quantitative estimate of drug-likeness (QED) is 0.561. The zero-order chi connectivity index (χ0) is 24.2. The topological polar surface area (TPSA) is 108 Å². The molecule has 9 heteroatoms. The van der Waals surface area contributed by atoms with Crippen LogP contribution in [0.15, 0.2) is 65.5 Å². The highest BCUT2D eigenvalue weighted by Gasteiger charge is 2.39. The molecule has 1 aromatic heterocycles. The summed E-state index contributed by atoms with van der Waals surface area (Å²) in [7, 11) is 0. The molecule has 2 aliphatic heterocycles. The van der Waals surface area contributed by atoms with Gasteiger partial charge in [-0.2, -0.15) is 0 Å². The van der Waals surface area contributed by atoms with E-state index in [1.807, 2.05) is 42.5 Å². The Hall–Kier alpha value is -3.69. The summed E-state index contributed by atoms with van der Waals surface area (Å²) in [5, 5.41) is 13.2. The maximum absolute atomic E-state index is 13.3. The lowest BCUT2D eigenvalue weighted by atomic mass is 10.1. The number of aliphatic hydroxyl groups excluding tert-OH is 1. The number of hydrogen-bond acceptors (Lipinski definition) is 7. The Balaban J connectivity index is 1.24. The van der Waals surface area contributed by atoms with Crippen molar-refractivity contribution >= 4 is 17.5 Å². The van der Waals surface area contributed by atoms with Gasteiger partial charge in [-0.3, -0.25) is 9.59 Å². The average molecular weight is 477 g/mol. The number of hydrogen-bond donors (Lipinski definition) is 2. The van der Waals surface area contributed by atoms with Crippen molar-refractivity contribution in [2.75, 3.05) is 37.7 Å². The van der Waals surface area contributed by atoms with Crippen LogP contribution in [0.3, 0.4) is 0 Å². The van der Waals surface area contributed by atoms with Crippen molar-refractivity contribution in [2.24, 2.45) is 0 Å². The summed E-state index contributed by atoms with van der Waals surface area (Å²) in [4.78, 5) is 33.9. The van der Waals surface area contributed by atoms with Crippen molar-refractivity contribution in [3.8, 4) is 11.3 Å². The van der Waals surface area contributed by atoms with Gasteiger partial charge < -0.3 is 29.4 Å². The third-order valence-corrected chi connectivity index (χ3v) is 6.45. The lowest BCUT2D eigenvalue weighted by Crippen LogP contribution is -2.45. The van der Waals surface area contributed by atoms with Gasteiger partial charge in [-0.25, -0.2) is 4.98 Å². The predicted octanol–water partition coefficient (Wildman–Crippen LogP) is 2.07. The minimum atomic E-state index is -0.738. The molecule has 2 N–H and O–H groups in total. The van der Waals surface area contributed by atoms with Crippen molar-refractivity contribution < 1.29 is 23.8 Å².